The Balaban J connectivity index is 0.000000216. The summed E-state index contributed by atoms with van der Waals surface area (Å²) in [5.74, 6) is -0.522. The van der Waals surface area contributed by atoms with Gasteiger partial charge in [0.1, 0.15) is 28.2 Å². The molecule has 1 aliphatic carbocycles. The Bertz CT molecular complexity index is 1120. The number of nitrogens with zero attached hydrogens (tertiary/aromatic N) is 2. The highest BCUT2D eigenvalue weighted by Crippen LogP contribution is 2.34. The van der Waals surface area contributed by atoms with E-state index < -0.39 is 5.54 Å². The van der Waals surface area contributed by atoms with E-state index >= 15 is 0 Å². The molecule has 0 bridgehead atoms. The van der Waals surface area contributed by atoms with E-state index in [-0.39, 0.29) is 18.3 Å². The molecule has 0 saturated heterocycles. The van der Waals surface area contributed by atoms with Crippen molar-refractivity contribution in [3.05, 3.63) is 52.2 Å². The molecule has 9 heteroatoms. The lowest BCUT2D eigenvalue weighted by atomic mass is 10.1. The van der Waals surface area contributed by atoms with Crippen LogP contribution in [-0.4, -0.2) is 29.3 Å². The Hall–Kier alpha value is -2.86. The zero-order valence-electron chi connectivity index (χ0n) is 15.8. The molecule has 0 aliphatic heterocycles. The van der Waals surface area contributed by atoms with Crippen molar-refractivity contribution in [2.45, 2.75) is 24.8 Å². The van der Waals surface area contributed by atoms with Crippen molar-refractivity contribution in [2.75, 3.05) is 6.54 Å². The van der Waals surface area contributed by atoms with Crippen LogP contribution in [0.25, 0.3) is 21.3 Å². The highest BCUT2D eigenvalue weighted by molar-refractivity contribution is 7.18. The molecule has 0 unspecified atom stereocenters. The van der Waals surface area contributed by atoms with Crippen molar-refractivity contribution in [3.8, 4) is 17.2 Å². The second-order valence-corrected chi connectivity index (χ2v) is 8.26. The van der Waals surface area contributed by atoms with E-state index in [0.29, 0.717) is 17.0 Å². The number of nitriles is 1. The van der Waals surface area contributed by atoms with Gasteiger partial charge in [-0.3, -0.25) is 4.79 Å². The van der Waals surface area contributed by atoms with E-state index in [4.69, 9.17) is 22.6 Å². The molecule has 1 saturated carbocycles. The minimum atomic E-state index is -0.559. The average molecular weight is 445 g/mol. The zero-order valence-corrected chi connectivity index (χ0v) is 17.4. The maximum Gasteiger partial charge on any atom is 0.234 e. The van der Waals surface area contributed by atoms with Gasteiger partial charge in [0.2, 0.25) is 5.91 Å². The third-order valence-corrected chi connectivity index (χ3v) is 5.77. The van der Waals surface area contributed by atoms with Gasteiger partial charge in [0.05, 0.1) is 28.8 Å². The van der Waals surface area contributed by atoms with E-state index in [2.05, 4.69) is 10.3 Å². The lowest BCUT2D eigenvalue weighted by Gasteiger charge is -2.05. The van der Waals surface area contributed by atoms with Crippen molar-refractivity contribution >= 4 is 45.3 Å². The summed E-state index contributed by atoms with van der Waals surface area (Å²) in [5, 5.41) is 12.3. The second kappa shape index (κ2) is 9.30. The van der Waals surface area contributed by atoms with Gasteiger partial charge >= 0.3 is 0 Å². The first kappa shape index (κ1) is 21.8. The molecule has 0 spiro atoms. The topological polar surface area (TPSA) is 109 Å². The van der Waals surface area contributed by atoms with Crippen LogP contribution in [0.15, 0.2) is 36.4 Å². The average Bonchev–Trinajstić information content (AvgIpc) is 3.39. The number of carbonyl (C=O) groups excluding carboxylic acids is 2. The maximum absolute atomic E-state index is 13.0. The van der Waals surface area contributed by atoms with Crippen molar-refractivity contribution < 1.29 is 14.0 Å². The third kappa shape index (κ3) is 5.19. The van der Waals surface area contributed by atoms with Crippen LogP contribution in [-0.2, 0) is 16.0 Å². The number of hydrogen-bond donors (Lipinski definition) is 2. The number of fused-ring (bicyclic) bond motifs is 1. The van der Waals surface area contributed by atoms with E-state index in [0.717, 1.165) is 40.0 Å². The van der Waals surface area contributed by atoms with E-state index in [1.54, 1.807) is 12.1 Å². The molecule has 1 heterocycles. The van der Waals surface area contributed by atoms with Gasteiger partial charge in [-0.1, -0.05) is 23.7 Å². The van der Waals surface area contributed by atoms with Crippen molar-refractivity contribution in [2.24, 2.45) is 5.73 Å². The number of benzene rings is 2. The van der Waals surface area contributed by atoms with Crippen LogP contribution < -0.4 is 11.1 Å². The number of nitrogens with two attached hydrogens (primary N) is 1. The molecule has 1 amide bonds. The largest absolute Gasteiger partial charge is 0.337 e. The number of halogens is 2. The highest BCUT2D eigenvalue weighted by atomic mass is 35.5. The van der Waals surface area contributed by atoms with Crippen molar-refractivity contribution in [1.29, 1.82) is 5.26 Å². The number of carbonyl (C=O) groups is 2. The first-order valence-corrected chi connectivity index (χ1v) is 10.3. The minimum absolute atomic E-state index is 0.0383. The number of aromatic nitrogens is 1. The molecule has 3 N–H and O–H groups in total. The summed E-state index contributed by atoms with van der Waals surface area (Å²) in [6, 6.07) is 12.0. The molecular weight excluding hydrogens is 427 g/mol. The third-order valence-electron chi connectivity index (χ3n) is 4.46. The minimum Gasteiger partial charge on any atom is -0.337 e. The lowest BCUT2D eigenvalue weighted by Crippen LogP contribution is -2.39. The number of hydrogen-bond acceptors (Lipinski definition) is 6. The molecule has 1 fully saturated rings. The second-order valence-electron chi connectivity index (χ2n) is 6.74. The van der Waals surface area contributed by atoms with Gasteiger partial charge in [-0.2, -0.15) is 5.26 Å². The van der Waals surface area contributed by atoms with Gasteiger partial charge in [0.15, 0.2) is 0 Å². The maximum atomic E-state index is 13.0. The molecule has 3 aromatic rings. The summed E-state index contributed by atoms with van der Waals surface area (Å²) >= 11 is 7.69. The Morgan fingerprint density at radius 3 is 2.60 bits per heavy atom. The number of aldehydes is 1. The van der Waals surface area contributed by atoms with Gasteiger partial charge < -0.3 is 15.8 Å². The Kier molecular flexibility index (Phi) is 6.77. The summed E-state index contributed by atoms with van der Waals surface area (Å²) in [4.78, 5) is 25.5. The van der Waals surface area contributed by atoms with E-state index in [1.165, 1.54) is 23.5 Å². The van der Waals surface area contributed by atoms with Crippen LogP contribution in [0.4, 0.5) is 4.39 Å². The molecule has 6 nitrogen and oxygen atoms in total. The molecular formula is C21H18ClFN4O2S. The van der Waals surface area contributed by atoms with Gasteiger partial charge in [0.25, 0.3) is 0 Å². The van der Waals surface area contributed by atoms with Gasteiger partial charge in [-0.25, -0.2) is 9.37 Å². The number of thiazole rings is 1. The van der Waals surface area contributed by atoms with Gasteiger partial charge in [0, 0.05) is 0 Å². The number of nitrogens with one attached hydrogen (secondary N) is 1. The highest BCUT2D eigenvalue weighted by Gasteiger charge is 2.44. The molecule has 30 heavy (non-hydrogen) atoms. The normalized spacial score (nSPS) is 13.7. The molecule has 0 atom stereocenters. The molecule has 4 rings (SSSR count). The summed E-state index contributed by atoms with van der Waals surface area (Å²) < 4.78 is 13.9. The quantitative estimate of drug-likeness (QED) is 0.584. The van der Waals surface area contributed by atoms with Crippen LogP contribution in [0.3, 0.4) is 0 Å². The Morgan fingerprint density at radius 2 is 2.03 bits per heavy atom. The van der Waals surface area contributed by atoms with Crippen LogP contribution in [0.5, 0.6) is 0 Å². The fourth-order valence-corrected chi connectivity index (χ4v) is 4.01. The predicted octanol–water partition coefficient (Wildman–Crippen LogP) is 3.61. The van der Waals surface area contributed by atoms with E-state index in [9.17, 15) is 14.0 Å². The van der Waals surface area contributed by atoms with Crippen LogP contribution in [0.1, 0.15) is 17.8 Å². The first-order chi connectivity index (χ1) is 14.4. The van der Waals surface area contributed by atoms with E-state index in [1.807, 2.05) is 18.2 Å². The fourth-order valence-electron chi connectivity index (χ4n) is 2.71. The predicted molar refractivity (Wildman–Crippen MR) is 115 cm³/mol. The number of amides is 1. The van der Waals surface area contributed by atoms with Crippen molar-refractivity contribution in [3.63, 3.8) is 0 Å². The molecule has 0 radical (unpaired) electrons. The summed E-state index contributed by atoms with van der Waals surface area (Å²) in [6.45, 7) is -0.0383. The number of rotatable bonds is 5. The zero-order chi connectivity index (χ0) is 21.7. The summed E-state index contributed by atoms with van der Waals surface area (Å²) in [6.07, 6.45) is 2.64. The van der Waals surface area contributed by atoms with Gasteiger partial charge in [-0.05, 0) is 48.2 Å². The molecule has 154 valence electrons. The van der Waals surface area contributed by atoms with Crippen LogP contribution >= 0.6 is 22.9 Å². The standard InChI is InChI=1S/C15H9ClFNOS.C6H9N3O/c16-12-7-10(9-1-3-11(17)4-2-9)8-13-15(12)18-14(20-13)5-6-19;7-3-5(10)9-6(4-8)1-2-6/h1-4,6-8H,5H2;1-3,7H2,(H,9,10). The first-order valence-electron chi connectivity index (χ1n) is 9.10. The smallest absolute Gasteiger partial charge is 0.234 e. The van der Waals surface area contributed by atoms with Crippen molar-refractivity contribution in [1.82, 2.24) is 10.3 Å². The fraction of sp³-hybridized carbons (Fsp3) is 0.238. The van der Waals surface area contributed by atoms with Gasteiger partial charge in [-0.15, -0.1) is 11.3 Å². The Labute approximate surface area is 181 Å². The Morgan fingerprint density at radius 1 is 1.33 bits per heavy atom. The molecule has 1 aromatic heterocycles. The SMILES string of the molecule is N#CC1(NC(=O)CN)CC1.O=CCc1nc2c(Cl)cc(-c3ccc(F)cc3)cc2s1. The molecule has 2 aromatic carbocycles. The summed E-state index contributed by atoms with van der Waals surface area (Å²) in [7, 11) is 0. The van der Waals surface area contributed by atoms with Crippen LogP contribution in [0.2, 0.25) is 5.02 Å². The monoisotopic (exact) mass is 444 g/mol. The van der Waals surface area contributed by atoms with Crippen LogP contribution in [0, 0.1) is 17.1 Å². The molecule has 1 aliphatic rings. The summed E-state index contributed by atoms with van der Waals surface area (Å²) in [5.41, 5.74) is 6.98. The lowest BCUT2D eigenvalue weighted by molar-refractivity contribution is -0.120.